The van der Waals surface area contributed by atoms with Crippen LogP contribution in [-0.4, -0.2) is 163 Å². The van der Waals surface area contributed by atoms with Crippen molar-refractivity contribution >= 4 is 35.4 Å². The monoisotopic (exact) mass is 1030 g/mol. The van der Waals surface area contributed by atoms with E-state index in [9.17, 15) is 44.1 Å². The van der Waals surface area contributed by atoms with Crippen LogP contribution in [0.5, 0.6) is 17.2 Å². The summed E-state index contributed by atoms with van der Waals surface area (Å²) in [6, 6.07) is 3.10. The van der Waals surface area contributed by atoms with Gasteiger partial charge in [0.2, 0.25) is 11.7 Å². The number of amides is 1. The molecule has 9 atom stereocenters. The number of carbonyl (C=O) groups excluding carboxylic acids is 6. The lowest BCUT2D eigenvalue weighted by atomic mass is 9.72. The minimum Gasteiger partial charge on any atom is -0.507 e. The molecule has 2 aromatic carbocycles. The van der Waals surface area contributed by atoms with Crippen molar-refractivity contribution < 1.29 is 91.5 Å². The molecule has 1 saturated carbocycles. The summed E-state index contributed by atoms with van der Waals surface area (Å²) in [7, 11) is 2.86. The number of hydrogen-bond donors (Lipinski definition) is 5. The van der Waals surface area contributed by atoms with E-state index in [0.29, 0.717) is 51.7 Å². The van der Waals surface area contributed by atoms with Gasteiger partial charge in [-0.1, -0.05) is 18.6 Å². The van der Waals surface area contributed by atoms with Gasteiger partial charge in [-0.3, -0.25) is 24.1 Å². The molecule has 3 aliphatic heterocycles. The normalized spacial score (nSPS) is 27.9. The van der Waals surface area contributed by atoms with Gasteiger partial charge in [0.15, 0.2) is 36.2 Å². The van der Waals surface area contributed by atoms with E-state index in [1.54, 1.807) is 20.8 Å². The number of rotatable bonds is 17. The van der Waals surface area contributed by atoms with Gasteiger partial charge in [0.1, 0.15) is 53.8 Å². The molecular formula is C51H67N3O19. The van der Waals surface area contributed by atoms with Gasteiger partial charge in [-0.2, -0.15) is 0 Å². The zero-order valence-corrected chi connectivity index (χ0v) is 42.1. The van der Waals surface area contributed by atoms with E-state index < -0.39 is 144 Å². The SMILES string of the molecule is COc1cccc2c1C(=O)c1c(O)c3c(c(O)c1C2=O)C[C@@](O)(C(=O)COC1(OCC(=O)NCCCC[C@H](N)C(=O)OC(=O)OC(C)(C)C)CCCCC1)C[C@@H]3O[C@H]1C[C@H]2[C@H](O[C@@H]3[C@@H](OC)OCCN32)[C@H](C)O1. The Bertz CT molecular complexity index is 2450. The Morgan fingerprint density at radius 1 is 0.959 bits per heavy atom. The van der Waals surface area contributed by atoms with Crippen molar-refractivity contribution in [2.45, 2.75) is 165 Å². The second kappa shape index (κ2) is 22.0. The fourth-order valence-corrected chi connectivity index (χ4v) is 10.8. The maximum atomic E-state index is 14.6. The van der Waals surface area contributed by atoms with Crippen LogP contribution < -0.4 is 15.8 Å². The topological polar surface area (TPSA) is 297 Å². The third kappa shape index (κ3) is 11.3. The molecule has 0 radical (unpaired) electrons. The molecule has 0 spiro atoms. The number of morpholine rings is 1. The van der Waals surface area contributed by atoms with Crippen LogP contribution in [0.1, 0.15) is 141 Å². The first-order valence-electron chi connectivity index (χ1n) is 24.9. The number of fused-ring (bicyclic) bond motifs is 6. The average molecular weight is 1030 g/mol. The van der Waals surface area contributed by atoms with Gasteiger partial charge in [-0.05, 0) is 65.9 Å². The number of carbonyl (C=O) groups is 6. The Balaban J connectivity index is 0.974. The summed E-state index contributed by atoms with van der Waals surface area (Å²) in [5.74, 6) is -6.46. The van der Waals surface area contributed by atoms with E-state index in [1.165, 1.54) is 32.4 Å². The Hall–Kier alpha value is -5.14. The maximum Gasteiger partial charge on any atom is 0.516 e. The number of phenols is 2. The Morgan fingerprint density at radius 2 is 1.68 bits per heavy atom. The third-order valence-corrected chi connectivity index (χ3v) is 14.4. The summed E-state index contributed by atoms with van der Waals surface area (Å²) in [5.41, 5.74) is 1.28. The summed E-state index contributed by atoms with van der Waals surface area (Å²) in [6.07, 6.45) is -2.66. The molecule has 22 nitrogen and oxygen atoms in total. The van der Waals surface area contributed by atoms with Crippen LogP contribution in [0.15, 0.2) is 18.2 Å². The van der Waals surface area contributed by atoms with Gasteiger partial charge < -0.3 is 73.7 Å². The molecule has 3 aliphatic carbocycles. The van der Waals surface area contributed by atoms with Crippen LogP contribution in [0, 0.1) is 0 Å². The molecule has 0 aromatic heterocycles. The quantitative estimate of drug-likeness (QED) is 0.0425. The number of ether oxygens (including phenoxy) is 10. The highest BCUT2D eigenvalue weighted by Gasteiger charge is 2.55. The van der Waals surface area contributed by atoms with E-state index in [2.05, 4.69) is 15.0 Å². The zero-order chi connectivity index (χ0) is 52.6. The Morgan fingerprint density at radius 3 is 2.40 bits per heavy atom. The summed E-state index contributed by atoms with van der Waals surface area (Å²) in [6.45, 7) is 6.71. The zero-order valence-electron chi connectivity index (χ0n) is 42.1. The first kappa shape index (κ1) is 54.1. The first-order chi connectivity index (χ1) is 34.7. The molecule has 0 bridgehead atoms. The number of hydrogen-bond acceptors (Lipinski definition) is 21. The minimum atomic E-state index is -2.35. The summed E-state index contributed by atoms with van der Waals surface area (Å²) in [5, 5.41) is 39.6. The predicted molar refractivity (Wildman–Crippen MR) is 251 cm³/mol. The van der Waals surface area contributed by atoms with Crippen LogP contribution in [0.4, 0.5) is 4.79 Å². The number of nitrogens with one attached hydrogen (secondary N) is 1. The Kier molecular flexibility index (Phi) is 16.3. The van der Waals surface area contributed by atoms with Crippen molar-refractivity contribution in [1.82, 2.24) is 10.2 Å². The van der Waals surface area contributed by atoms with Crippen molar-refractivity contribution in [2.24, 2.45) is 5.73 Å². The number of unbranched alkanes of at least 4 members (excludes halogenated alkanes) is 1. The summed E-state index contributed by atoms with van der Waals surface area (Å²) >= 11 is 0. The van der Waals surface area contributed by atoms with Crippen molar-refractivity contribution in [1.29, 1.82) is 0 Å². The number of nitrogens with two attached hydrogens (primary N) is 1. The van der Waals surface area contributed by atoms with Crippen molar-refractivity contribution in [3.05, 3.63) is 51.6 Å². The lowest BCUT2D eigenvalue weighted by Crippen LogP contribution is -2.55. The molecule has 8 rings (SSSR count). The largest absolute Gasteiger partial charge is 0.516 e. The molecule has 6 aliphatic rings. The second-order valence-corrected chi connectivity index (χ2v) is 20.5. The Labute approximate surface area is 422 Å². The number of benzene rings is 2. The average Bonchev–Trinajstić information content (AvgIpc) is 3.74. The molecule has 3 saturated heterocycles. The van der Waals surface area contributed by atoms with Crippen molar-refractivity contribution in [3.8, 4) is 17.2 Å². The molecule has 4 fully saturated rings. The number of esters is 1. The van der Waals surface area contributed by atoms with Gasteiger partial charge in [0, 0.05) is 75.0 Å². The maximum absolute atomic E-state index is 14.6. The molecule has 2 aromatic rings. The summed E-state index contributed by atoms with van der Waals surface area (Å²) < 4.78 is 58.2. The number of aromatic hydroxyl groups is 2. The molecule has 22 heteroatoms. The standard InChI is InChI=1S/C51H67N3O19/c1-26-44-30(54-19-20-66-47(65-6)45(54)71-44)21-35(69-26)70-32-23-50(63,22-28-37(32)43(60)39-38(41(28)58)40(57)27-13-12-15-31(64-5)36(27)42(39)59)33(55)24-67-51(16-9-7-10-17-51)68-25-34(56)53-18-11-8-14-29(52)46(61)72-48(62)73-49(2,3)4/h12-13,15,26,29-30,32,35,44-45,47,58,60,63H,7-11,14,16-25,52H2,1-6H3,(H,53,56)/t26-,29-,30-,32-,35-,44+,45+,47-,50-/m0/s1. The lowest BCUT2D eigenvalue weighted by Gasteiger charge is -2.43. The molecule has 1 amide bonds. The van der Waals surface area contributed by atoms with Crippen LogP contribution in [0.3, 0.4) is 0 Å². The second-order valence-electron chi connectivity index (χ2n) is 20.5. The van der Waals surface area contributed by atoms with Gasteiger partial charge in [0.25, 0.3) is 0 Å². The smallest absolute Gasteiger partial charge is 0.507 e. The molecule has 3 heterocycles. The molecule has 73 heavy (non-hydrogen) atoms. The van der Waals surface area contributed by atoms with Gasteiger partial charge in [0.05, 0.1) is 42.6 Å². The van der Waals surface area contributed by atoms with E-state index in [-0.39, 0.29) is 53.4 Å². The number of Topliss-reactive ketones (excluding diaryl/α,β-unsaturated/α-hetero) is 1. The van der Waals surface area contributed by atoms with E-state index in [1.807, 2.05) is 6.92 Å². The lowest BCUT2D eigenvalue weighted by molar-refractivity contribution is -0.258. The summed E-state index contributed by atoms with van der Waals surface area (Å²) in [4.78, 5) is 82.3. The van der Waals surface area contributed by atoms with Crippen LogP contribution in [-0.2, 0) is 63.4 Å². The first-order valence-corrected chi connectivity index (χ1v) is 24.9. The number of ketones is 3. The molecule has 400 valence electrons. The highest BCUT2D eigenvalue weighted by atomic mass is 16.8. The van der Waals surface area contributed by atoms with Gasteiger partial charge in [-0.25, -0.2) is 9.59 Å². The van der Waals surface area contributed by atoms with E-state index in [4.69, 9.17) is 48.4 Å². The highest BCUT2D eigenvalue weighted by molar-refractivity contribution is 6.31. The van der Waals surface area contributed by atoms with Crippen LogP contribution in [0.25, 0.3) is 0 Å². The fourth-order valence-electron chi connectivity index (χ4n) is 10.8. The molecular weight excluding hydrogens is 959 g/mol. The number of phenolic OH excluding ortho intramolecular Hbond substituents is 2. The number of methoxy groups -OCH3 is 2. The number of nitrogens with zero attached hydrogens (tertiary/aromatic N) is 1. The fraction of sp³-hybridized carbons (Fsp3) is 0.647. The van der Waals surface area contributed by atoms with Crippen LogP contribution >= 0.6 is 0 Å². The minimum absolute atomic E-state index is 0.0712. The van der Waals surface area contributed by atoms with Crippen molar-refractivity contribution in [2.75, 3.05) is 47.1 Å². The predicted octanol–water partition coefficient (Wildman–Crippen LogP) is 3.50. The van der Waals surface area contributed by atoms with E-state index in [0.717, 1.165) is 6.42 Å². The molecule has 0 unspecified atom stereocenters. The third-order valence-electron chi connectivity index (χ3n) is 14.4. The highest BCUT2D eigenvalue weighted by Crippen LogP contribution is 2.53. The van der Waals surface area contributed by atoms with Crippen LogP contribution in [0.2, 0.25) is 0 Å². The van der Waals surface area contributed by atoms with Crippen molar-refractivity contribution in [3.63, 3.8) is 0 Å². The number of aliphatic hydroxyl groups is 1. The molecule has 6 N–H and O–H groups in total. The van der Waals surface area contributed by atoms with Gasteiger partial charge >= 0.3 is 12.1 Å². The van der Waals surface area contributed by atoms with Gasteiger partial charge in [-0.15, -0.1) is 0 Å². The van der Waals surface area contributed by atoms with E-state index >= 15 is 0 Å².